The molecule has 0 amide bonds. The molecule has 0 atom stereocenters. The minimum Gasteiger partial charge on any atom is -0.359 e. The fourth-order valence-corrected chi connectivity index (χ4v) is 0.547. The molecule has 0 unspecified atom stereocenters. The van der Waals surface area contributed by atoms with Crippen molar-refractivity contribution in [3.05, 3.63) is 0 Å². The molecular formula is C6H14O5. The highest BCUT2D eigenvalue weighted by Crippen LogP contribution is 2.21. The van der Waals surface area contributed by atoms with E-state index in [0.717, 1.165) is 0 Å². The predicted octanol–water partition coefficient (Wildman–Crippen LogP) is -1.25. The van der Waals surface area contributed by atoms with Crippen molar-refractivity contribution in [3.63, 3.8) is 0 Å². The van der Waals surface area contributed by atoms with Crippen LogP contribution in [-0.4, -0.2) is 38.8 Å². The number of rotatable bonds is 4. The summed E-state index contributed by atoms with van der Waals surface area (Å²) in [7, 11) is 0. The van der Waals surface area contributed by atoms with Gasteiger partial charge in [-0.3, -0.25) is 0 Å². The predicted molar refractivity (Wildman–Crippen MR) is 36.3 cm³/mol. The minimum absolute atomic E-state index is 0.0180. The highest BCUT2D eigenvalue weighted by Gasteiger charge is 2.47. The van der Waals surface area contributed by atoms with Gasteiger partial charge in [0.2, 0.25) is 5.79 Å². The van der Waals surface area contributed by atoms with Gasteiger partial charge in [-0.25, -0.2) is 0 Å². The number of hydrogen-bond donors (Lipinski definition) is 4. The second-order valence-corrected chi connectivity index (χ2v) is 2.21. The lowest BCUT2D eigenvalue weighted by atomic mass is 10.2. The monoisotopic (exact) mass is 166 g/mol. The molecule has 0 aromatic carbocycles. The summed E-state index contributed by atoms with van der Waals surface area (Å²) in [6, 6.07) is 0. The fraction of sp³-hybridized carbons (Fsp3) is 1.00. The van der Waals surface area contributed by atoms with E-state index in [4.69, 9.17) is 20.4 Å². The third kappa shape index (κ3) is 2.39. The van der Waals surface area contributed by atoms with Gasteiger partial charge in [0.05, 0.1) is 0 Å². The Kier molecular flexibility index (Phi) is 3.40. The summed E-state index contributed by atoms with van der Waals surface area (Å²) in [4.78, 5) is 0. The zero-order valence-electron chi connectivity index (χ0n) is 6.61. The van der Waals surface area contributed by atoms with E-state index in [9.17, 15) is 0 Å². The normalized spacial score (nSPS) is 13.6. The molecule has 0 radical (unpaired) electrons. The molecule has 5 heteroatoms. The quantitative estimate of drug-likeness (QED) is 0.392. The lowest BCUT2D eigenvalue weighted by Crippen LogP contribution is -2.55. The van der Waals surface area contributed by atoms with Crippen LogP contribution in [0.4, 0.5) is 0 Å². The topological polar surface area (TPSA) is 90.2 Å². The summed E-state index contributed by atoms with van der Waals surface area (Å²) >= 11 is 0. The Balaban J connectivity index is 4.26. The first-order valence-corrected chi connectivity index (χ1v) is 3.40. The average molecular weight is 166 g/mol. The van der Waals surface area contributed by atoms with Gasteiger partial charge in [0, 0.05) is 13.0 Å². The molecule has 5 nitrogen and oxygen atoms in total. The molecule has 0 aliphatic heterocycles. The van der Waals surface area contributed by atoms with E-state index in [1.165, 1.54) is 13.8 Å². The molecule has 0 aromatic rings. The number of hydrogen-bond acceptors (Lipinski definition) is 5. The summed E-state index contributed by atoms with van der Waals surface area (Å²) in [6.07, 6.45) is -0.236. The molecule has 0 saturated heterocycles. The molecule has 0 bridgehead atoms. The van der Waals surface area contributed by atoms with Crippen LogP contribution in [0.15, 0.2) is 0 Å². The molecule has 0 heterocycles. The maximum absolute atomic E-state index is 8.91. The Bertz CT molecular complexity index is 120. The van der Waals surface area contributed by atoms with Gasteiger partial charge in [0.25, 0.3) is 0 Å². The van der Waals surface area contributed by atoms with Crippen molar-refractivity contribution in [1.82, 2.24) is 0 Å². The molecule has 0 rings (SSSR count). The van der Waals surface area contributed by atoms with Crippen LogP contribution in [-0.2, 0) is 4.74 Å². The Hall–Kier alpha value is -0.200. The van der Waals surface area contributed by atoms with Gasteiger partial charge in [-0.1, -0.05) is 6.92 Å². The summed E-state index contributed by atoms with van der Waals surface area (Å²) in [5.41, 5.74) is 0. The van der Waals surface area contributed by atoms with Crippen molar-refractivity contribution in [2.24, 2.45) is 0 Å². The standard InChI is InChI=1S/C6H14O5/c1-3-5(7,8)6(9,10)11-4-2/h7-10H,3-4H2,1-2H3. The van der Waals surface area contributed by atoms with E-state index in [2.05, 4.69) is 4.74 Å². The number of ether oxygens (including phenoxy) is 1. The number of aliphatic hydroxyl groups is 4. The fourth-order valence-electron chi connectivity index (χ4n) is 0.547. The summed E-state index contributed by atoms with van der Waals surface area (Å²) in [6.45, 7) is 2.88. The third-order valence-electron chi connectivity index (χ3n) is 1.36. The SMILES string of the molecule is CCOC(O)(O)C(O)(O)CC. The average Bonchev–Trinajstić information content (AvgIpc) is 1.87. The van der Waals surface area contributed by atoms with E-state index in [0.29, 0.717) is 0 Å². The van der Waals surface area contributed by atoms with Crippen LogP contribution >= 0.6 is 0 Å². The van der Waals surface area contributed by atoms with Crippen molar-refractivity contribution in [2.75, 3.05) is 6.61 Å². The third-order valence-corrected chi connectivity index (χ3v) is 1.36. The van der Waals surface area contributed by atoms with E-state index in [-0.39, 0.29) is 13.0 Å². The van der Waals surface area contributed by atoms with Crippen molar-refractivity contribution in [3.8, 4) is 0 Å². The lowest BCUT2D eigenvalue weighted by Gasteiger charge is -2.32. The van der Waals surface area contributed by atoms with Crippen molar-refractivity contribution in [2.45, 2.75) is 32.0 Å². The molecule has 68 valence electrons. The van der Waals surface area contributed by atoms with Crippen LogP contribution < -0.4 is 0 Å². The van der Waals surface area contributed by atoms with Gasteiger partial charge in [0.15, 0.2) is 0 Å². The Morgan fingerprint density at radius 2 is 1.55 bits per heavy atom. The Morgan fingerprint density at radius 1 is 1.09 bits per heavy atom. The zero-order chi connectivity index (χ0) is 9.12. The van der Waals surface area contributed by atoms with E-state index < -0.39 is 11.8 Å². The van der Waals surface area contributed by atoms with Crippen LogP contribution in [0, 0.1) is 0 Å². The summed E-state index contributed by atoms with van der Waals surface area (Å²) in [5.74, 6) is -5.51. The van der Waals surface area contributed by atoms with Crippen LogP contribution in [0.5, 0.6) is 0 Å². The van der Waals surface area contributed by atoms with Crippen LogP contribution in [0.25, 0.3) is 0 Å². The van der Waals surface area contributed by atoms with Gasteiger partial charge in [-0.05, 0) is 6.92 Å². The largest absolute Gasteiger partial charge is 0.359 e. The molecule has 0 saturated carbocycles. The van der Waals surface area contributed by atoms with E-state index in [1.807, 2.05) is 0 Å². The Labute approximate surface area is 64.9 Å². The smallest absolute Gasteiger partial charge is 0.335 e. The molecule has 11 heavy (non-hydrogen) atoms. The zero-order valence-corrected chi connectivity index (χ0v) is 6.61. The van der Waals surface area contributed by atoms with Gasteiger partial charge in [0.1, 0.15) is 0 Å². The molecular weight excluding hydrogens is 152 g/mol. The van der Waals surface area contributed by atoms with Crippen LogP contribution in [0.2, 0.25) is 0 Å². The summed E-state index contributed by atoms with van der Waals surface area (Å²) in [5, 5.41) is 35.6. The van der Waals surface area contributed by atoms with Gasteiger partial charge < -0.3 is 25.2 Å². The Morgan fingerprint density at radius 3 is 1.82 bits per heavy atom. The molecule has 0 fully saturated rings. The molecule has 0 spiro atoms. The van der Waals surface area contributed by atoms with Crippen molar-refractivity contribution >= 4 is 0 Å². The molecule has 0 aliphatic carbocycles. The maximum atomic E-state index is 8.91. The van der Waals surface area contributed by atoms with Gasteiger partial charge in [-0.15, -0.1) is 0 Å². The van der Waals surface area contributed by atoms with Crippen molar-refractivity contribution < 1.29 is 25.2 Å². The first kappa shape index (κ1) is 10.8. The second-order valence-electron chi connectivity index (χ2n) is 2.21. The minimum atomic E-state index is -2.89. The maximum Gasteiger partial charge on any atom is 0.335 e. The highest BCUT2D eigenvalue weighted by molar-refractivity contribution is 4.71. The van der Waals surface area contributed by atoms with Crippen LogP contribution in [0.1, 0.15) is 20.3 Å². The van der Waals surface area contributed by atoms with Crippen LogP contribution in [0.3, 0.4) is 0 Å². The molecule has 0 aromatic heterocycles. The van der Waals surface area contributed by atoms with Gasteiger partial charge >= 0.3 is 5.97 Å². The van der Waals surface area contributed by atoms with E-state index >= 15 is 0 Å². The van der Waals surface area contributed by atoms with Crippen molar-refractivity contribution in [1.29, 1.82) is 0 Å². The molecule has 4 N–H and O–H groups in total. The first-order chi connectivity index (χ1) is 4.87. The second kappa shape index (κ2) is 3.46. The molecule has 0 aliphatic rings. The highest BCUT2D eigenvalue weighted by atomic mass is 16.8. The summed E-state index contributed by atoms with van der Waals surface area (Å²) < 4.78 is 4.30. The van der Waals surface area contributed by atoms with Gasteiger partial charge in [-0.2, -0.15) is 0 Å². The lowest BCUT2D eigenvalue weighted by molar-refractivity contribution is -0.459. The van der Waals surface area contributed by atoms with E-state index in [1.54, 1.807) is 0 Å². The first-order valence-electron chi connectivity index (χ1n) is 3.40.